The Morgan fingerprint density at radius 3 is 2.83 bits per heavy atom. The maximum Gasteiger partial charge on any atom is 0.337 e. The highest BCUT2D eigenvalue weighted by Crippen LogP contribution is 2.46. The van der Waals surface area contributed by atoms with Crippen molar-refractivity contribution in [3.63, 3.8) is 0 Å². The fraction of sp³-hybridized carbons (Fsp3) is 0.516. The average molecular weight is 682 g/mol. The number of rotatable bonds is 9. The Hall–Kier alpha value is -2.11. The van der Waals surface area contributed by atoms with Crippen LogP contribution in [-0.4, -0.2) is 58.2 Å². The van der Waals surface area contributed by atoms with Gasteiger partial charge < -0.3 is 19.5 Å². The number of anilines is 1. The van der Waals surface area contributed by atoms with E-state index in [1.54, 1.807) is 12.1 Å². The number of hydrogen-bond acceptors (Lipinski definition) is 7. The van der Waals surface area contributed by atoms with Crippen molar-refractivity contribution in [1.29, 1.82) is 0 Å². The van der Waals surface area contributed by atoms with Crippen molar-refractivity contribution in [3.05, 3.63) is 68.7 Å². The SMILES string of the molecule is COC(=O)c1ccc2c(c1)N(C[C@@H]1CC[C@H]1[C@H](O)/C=C(\Br)CCCS(N)(=O)=O)C[C@@]1(CCCc3cc(Cl)ccc31)CO2. The number of primary sulfonamides is 1. The van der Waals surface area contributed by atoms with Crippen molar-refractivity contribution in [2.24, 2.45) is 17.0 Å². The molecule has 228 valence electrons. The number of carbonyl (C=O) groups is 1. The number of aliphatic hydroxyl groups is 1. The molecule has 3 aliphatic rings. The van der Waals surface area contributed by atoms with Gasteiger partial charge in [0.15, 0.2) is 0 Å². The number of aryl methyl sites for hydroxylation is 1. The van der Waals surface area contributed by atoms with Gasteiger partial charge in [-0.25, -0.2) is 18.4 Å². The number of nitrogens with zero attached hydrogens (tertiary/aromatic N) is 1. The molecular weight excluding hydrogens is 644 g/mol. The molecule has 3 N–H and O–H groups in total. The fourth-order valence-electron chi connectivity index (χ4n) is 6.75. The van der Waals surface area contributed by atoms with E-state index in [1.165, 1.54) is 18.2 Å². The average Bonchev–Trinajstić information content (AvgIpc) is 3.06. The van der Waals surface area contributed by atoms with Crippen LogP contribution in [0.1, 0.15) is 60.0 Å². The number of fused-ring (bicyclic) bond motifs is 3. The molecule has 0 aromatic heterocycles. The van der Waals surface area contributed by atoms with E-state index in [4.69, 9.17) is 26.2 Å². The van der Waals surface area contributed by atoms with Gasteiger partial charge in [-0.15, -0.1) is 0 Å². The van der Waals surface area contributed by atoms with Crippen LogP contribution < -0.4 is 14.8 Å². The number of methoxy groups -OCH3 is 1. The van der Waals surface area contributed by atoms with Gasteiger partial charge in [-0.2, -0.15) is 0 Å². The Morgan fingerprint density at radius 1 is 1.31 bits per heavy atom. The predicted molar refractivity (Wildman–Crippen MR) is 168 cm³/mol. The molecule has 8 nitrogen and oxygen atoms in total. The third kappa shape index (κ3) is 6.99. The second-order valence-electron chi connectivity index (χ2n) is 11.9. The van der Waals surface area contributed by atoms with Gasteiger partial charge in [0.2, 0.25) is 10.0 Å². The first-order valence-corrected chi connectivity index (χ1v) is 17.3. The van der Waals surface area contributed by atoms with Crippen LogP contribution in [0.5, 0.6) is 5.75 Å². The minimum absolute atomic E-state index is 0.0561. The molecule has 2 aromatic rings. The largest absolute Gasteiger partial charge is 0.490 e. The summed E-state index contributed by atoms with van der Waals surface area (Å²) in [6.07, 6.45) is 6.85. The summed E-state index contributed by atoms with van der Waals surface area (Å²) in [4.78, 5) is 14.8. The number of halogens is 2. The van der Waals surface area contributed by atoms with Gasteiger partial charge in [0, 0.05) is 23.5 Å². The maximum absolute atomic E-state index is 12.5. The molecule has 4 atom stereocenters. The summed E-state index contributed by atoms with van der Waals surface area (Å²) in [5.74, 6) is 0.511. The van der Waals surface area contributed by atoms with Crippen LogP contribution in [0.3, 0.4) is 0 Å². The number of esters is 1. The third-order valence-corrected chi connectivity index (χ3v) is 10.8. The zero-order valence-corrected chi connectivity index (χ0v) is 26.9. The van der Waals surface area contributed by atoms with Gasteiger partial charge in [0.05, 0.1) is 36.8 Å². The molecule has 0 amide bonds. The van der Waals surface area contributed by atoms with E-state index in [-0.39, 0.29) is 23.0 Å². The van der Waals surface area contributed by atoms with Gasteiger partial charge in [-0.1, -0.05) is 33.6 Å². The van der Waals surface area contributed by atoms with Crippen molar-refractivity contribution in [1.82, 2.24) is 0 Å². The fourth-order valence-corrected chi connectivity index (χ4v) is 8.04. The number of hydrogen-bond donors (Lipinski definition) is 2. The normalized spacial score (nSPS) is 24.6. The summed E-state index contributed by atoms with van der Waals surface area (Å²) in [7, 11) is -2.14. The first kappa shape index (κ1) is 31.3. The Labute approximate surface area is 261 Å². The number of benzene rings is 2. The molecule has 2 aromatic carbocycles. The van der Waals surface area contributed by atoms with Crippen LogP contribution in [-0.2, 0) is 26.6 Å². The monoisotopic (exact) mass is 680 g/mol. The van der Waals surface area contributed by atoms with Gasteiger partial charge in [-0.05, 0) is 109 Å². The first-order chi connectivity index (χ1) is 20.0. The molecule has 0 bridgehead atoms. The second-order valence-corrected chi connectivity index (χ2v) is 15.0. The number of allylic oxidation sites excluding steroid dienone is 1. The van der Waals surface area contributed by atoms with E-state index in [9.17, 15) is 18.3 Å². The molecule has 1 spiro atoms. The van der Waals surface area contributed by atoms with Crippen LogP contribution in [0, 0.1) is 11.8 Å². The van der Waals surface area contributed by atoms with Gasteiger partial charge in [0.1, 0.15) is 5.75 Å². The van der Waals surface area contributed by atoms with Crippen LogP contribution in [0.2, 0.25) is 5.02 Å². The van der Waals surface area contributed by atoms with Gasteiger partial charge in [0.25, 0.3) is 0 Å². The predicted octanol–water partition coefficient (Wildman–Crippen LogP) is 5.33. The lowest BCUT2D eigenvalue weighted by Gasteiger charge is -2.45. The molecule has 1 fully saturated rings. The lowest BCUT2D eigenvalue weighted by molar-refractivity contribution is 0.0455. The summed E-state index contributed by atoms with van der Waals surface area (Å²) < 4.78 is 34.8. The van der Waals surface area contributed by atoms with E-state index in [2.05, 4.69) is 33.0 Å². The highest BCUT2D eigenvalue weighted by atomic mass is 79.9. The van der Waals surface area contributed by atoms with Crippen molar-refractivity contribution < 1.29 is 27.8 Å². The zero-order chi connectivity index (χ0) is 30.1. The minimum atomic E-state index is -3.52. The van der Waals surface area contributed by atoms with Crippen LogP contribution >= 0.6 is 27.5 Å². The standard InChI is InChI=1S/C31H38BrClN2O6S/c1-40-30(37)21-7-11-29-27(15-21)35(18-31(19-41-29)12-2-4-20-14-24(33)8-10-26(20)31)17-22-6-9-25(22)28(36)16-23(32)5-3-13-42(34,38)39/h7-8,10-11,14-16,22,25,28,36H,2-6,9,12-13,17-19H2,1H3,(H2,34,38,39)/b23-16-/t22-,25+,28+,31-/m0/s1. The van der Waals surface area contributed by atoms with E-state index < -0.39 is 22.1 Å². The van der Waals surface area contributed by atoms with E-state index in [0.717, 1.165) is 53.0 Å². The number of ether oxygens (including phenoxy) is 2. The second kappa shape index (κ2) is 12.9. The molecule has 2 aliphatic carbocycles. The Balaban J connectivity index is 1.41. The molecule has 42 heavy (non-hydrogen) atoms. The van der Waals surface area contributed by atoms with Crippen molar-refractivity contribution in [2.45, 2.75) is 56.5 Å². The van der Waals surface area contributed by atoms with Crippen molar-refractivity contribution in [3.8, 4) is 5.75 Å². The van der Waals surface area contributed by atoms with Crippen LogP contribution in [0.4, 0.5) is 5.69 Å². The molecule has 1 aliphatic heterocycles. The Morgan fingerprint density at radius 2 is 2.12 bits per heavy atom. The first-order valence-electron chi connectivity index (χ1n) is 14.4. The topological polar surface area (TPSA) is 119 Å². The molecule has 0 radical (unpaired) electrons. The summed E-state index contributed by atoms with van der Waals surface area (Å²) in [6, 6.07) is 11.6. The van der Waals surface area contributed by atoms with Gasteiger partial charge >= 0.3 is 5.97 Å². The molecule has 11 heteroatoms. The highest BCUT2D eigenvalue weighted by Gasteiger charge is 2.44. The zero-order valence-electron chi connectivity index (χ0n) is 23.7. The molecule has 0 unspecified atom stereocenters. The number of nitrogens with two attached hydrogens (primary N) is 1. The molecule has 1 heterocycles. The van der Waals surface area contributed by atoms with Crippen molar-refractivity contribution >= 4 is 49.2 Å². The number of carbonyl (C=O) groups excluding carboxylic acids is 1. The Kier molecular flexibility index (Phi) is 9.59. The number of aliphatic hydroxyl groups excluding tert-OH is 1. The third-order valence-electron chi connectivity index (χ3n) is 9.02. The van der Waals surface area contributed by atoms with E-state index in [0.29, 0.717) is 38.1 Å². The summed E-state index contributed by atoms with van der Waals surface area (Å²) in [5.41, 5.74) is 3.60. The molecular formula is C31H38BrClN2O6S. The Bertz CT molecular complexity index is 1470. The van der Waals surface area contributed by atoms with E-state index in [1.807, 2.05) is 18.2 Å². The van der Waals surface area contributed by atoms with Crippen LogP contribution in [0.15, 0.2) is 47.0 Å². The molecule has 1 saturated carbocycles. The summed E-state index contributed by atoms with van der Waals surface area (Å²) in [6.45, 7) is 1.93. The lowest BCUT2D eigenvalue weighted by atomic mass is 9.68. The van der Waals surface area contributed by atoms with Crippen LogP contribution in [0.25, 0.3) is 0 Å². The van der Waals surface area contributed by atoms with E-state index >= 15 is 0 Å². The maximum atomic E-state index is 12.5. The molecule has 5 rings (SSSR count). The van der Waals surface area contributed by atoms with Gasteiger partial charge in [-0.3, -0.25) is 0 Å². The van der Waals surface area contributed by atoms with Crippen molar-refractivity contribution in [2.75, 3.05) is 37.5 Å². The quantitative estimate of drug-likeness (QED) is 0.344. The lowest BCUT2D eigenvalue weighted by Crippen LogP contribution is -2.49. The highest BCUT2D eigenvalue weighted by molar-refractivity contribution is 9.11. The smallest absolute Gasteiger partial charge is 0.337 e. The minimum Gasteiger partial charge on any atom is -0.490 e. The summed E-state index contributed by atoms with van der Waals surface area (Å²) >= 11 is 9.87. The summed E-state index contributed by atoms with van der Waals surface area (Å²) in [5, 5.41) is 17.0. The molecule has 0 saturated heterocycles. The number of sulfonamides is 1.